The van der Waals surface area contributed by atoms with Crippen molar-refractivity contribution >= 4 is 110 Å². The van der Waals surface area contributed by atoms with Crippen LogP contribution in [0.15, 0.2) is 196 Å². The molecule has 0 fully saturated rings. The largest absolute Gasteiger partial charge is 0.361 e. The first kappa shape index (κ1) is 74.1. The Morgan fingerprint density at radius 3 is 1.13 bits per heavy atom. The normalized spacial score (nSPS) is 11.0. The summed E-state index contributed by atoms with van der Waals surface area (Å²) in [6.45, 7) is 22.7. The molecule has 0 unspecified atom stereocenters. The van der Waals surface area contributed by atoms with Crippen molar-refractivity contribution < 1.29 is 18.1 Å². The number of rotatable bonds is 16. The quantitative estimate of drug-likeness (QED) is 0.0698. The van der Waals surface area contributed by atoms with Gasteiger partial charge in [-0.2, -0.15) is 5.10 Å². The van der Waals surface area contributed by atoms with Crippen molar-refractivity contribution in [3.8, 4) is 67.9 Å². The predicted octanol–water partition coefficient (Wildman–Crippen LogP) is 17.8. The molecule has 34 heteroatoms. The second-order valence-electron chi connectivity index (χ2n) is 24.4. The van der Waals surface area contributed by atoms with Crippen LogP contribution in [0.5, 0.6) is 0 Å². The number of aromatic nitrogens is 22. The molecule has 0 saturated carbocycles. The van der Waals surface area contributed by atoms with Crippen LogP contribution in [0.1, 0.15) is 68.5 Å². The van der Waals surface area contributed by atoms with Crippen molar-refractivity contribution in [3.05, 3.63) is 246 Å². The van der Waals surface area contributed by atoms with Gasteiger partial charge in [0.1, 0.15) is 34.6 Å². The third kappa shape index (κ3) is 16.7. The van der Waals surface area contributed by atoms with Gasteiger partial charge in [-0.15, -0.1) is 15.3 Å². The molecular weight excluding hydrogens is 1640 g/mol. The molecule has 0 radical (unpaired) electrons. The SMILES string of the molecule is Cc1cnc(-c2c(C)noc2C)nc1Nc1ccc(-n2ccnn2)c(Br)c1.Cc1ncc(-c2c(C)noc2C)nc1Nc1ccc(-n2ccnc2)c(Br)c1.Cc1ncc(-c2c(C)noc2C)nc1Nc1ccc(-n2ccnn2)c(Br)c1.Cc1nnc(-c2c(C)noc2C)cc1Nc1ccc(-n2ccnc2)c(Br)c1. The van der Waals surface area contributed by atoms with E-state index in [-0.39, 0.29) is 0 Å². The maximum atomic E-state index is 5.25. The number of hydrogen-bond acceptors (Lipinski definition) is 26. The number of nitrogens with one attached hydrogen (secondary N) is 4. The van der Waals surface area contributed by atoms with E-state index in [0.717, 1.165) is 177 Å². The first-order valence-corrected chi connectivity index (χ1v) is 36.3. The van der Waals surface area contributed by atoms with Crippen molar-refractivity contribution in [2.45, 2.75) is 83.1 Å². The van der Waals surface area contributed by atoms with Gasteiger partial charge in [0.2, 0.25) is 0 Å². The van der Waals surface area contributed by atoms with Crippen LogP contribution < -0.4 is 21.3 Å². The van der Waals surface area contributed by atoms with E-state index in [2.05, 4.69) is 166 Å². The lowest BCUT2D eigenvalue weighted by molar-refractivity contribution is 0.393. The Bertz CT molecular complexity index is 5050. The summed E-state index contributed by atoms with van der Waals surface area (Å²) in [4.78, 5) is 35.7. The van der Waals surface area contributed by atoms with Gasteiger partial charge in [0.15, 0.2) is 17.5 Å². The number of nitrogens with zero attached hydrogens (tertiary/aromatic N) is 22. The van der Waals surface area contributed by atoms with E-state index < -0.39 is 0 Å². The molecule has 30 nitrogen and oxygen atoms in total. The summed E-state index contributed by atoms with van der Waals surface area (Å²) in [6, 6.07) is 25.7. The standard InChI is InChI=1S/2C19H17BrN6O.2C18H16BrN7O/c1-11-18(13(3)27-25-11)16-9-22-12(2)19(24-16)23-14-4-5-17(15(20)8-14)26-7-6-21-10-26;1-11-16(9-17(24-23-11)19-12(2)25-27-13(19)3)22-14-4-5-18(15(20)8-14)26-7-6-21-10-26;1-10-17(12(3)27-24-10)15-9-20-11(2)18(23-15)22-13-4-5-16(14(19)8-13)26-7-6-21-25-26;1-10-9-20-18(16-11(2)24-27-12(16)3)23-17(10)22-13-4-5-15(14(19)8-13)26-7-6-21-25-26/h4-10H,1-3H3,(H,23,24);4-10H,1-3H3,(H,22,24);4-9H,1-3H3,(H,22,23);4-9H,1-3H3,(H,20,22,23). The minimum absolute atomic E-state index is 0.581. The molecular formula is C74H66Br4N26O4. The summed E-state index contributed by atoms with van der Waals surface area (Å²) in [7, 11) is 0. The average Bonchev–Trinajstić information content (AvgIpc) is 1.54. The topological polar surface area (TPSA) is 352 Å². The van der Waals surface area contributed by atoms with E-state index in [0.29, 0.717) is 23.2 Å². The summed E-state index contributed by atoms with van der Waals surface area (Å²) in [5, 5.41) is 53.7. The number of imidazole rings is 2. The molecule has 0 spiro atoms. The fraction of sp³-hybridized carbons (Fsp3) is 0.162. The molecule has 16 rings (SSSR count). The third-order valence-electron chi connectivity index (χ3n) is 16.7. The van der Waals surface area contributed by atoms with Crippen LogP contribution in [0.4, 0.5) is 45.9 Å². The van der Waals surface area contributed by atoms with Crippen LogP contribution in [-0.4, -0.2) is 110 Å². The van der Waals surface area contributed by atoms with Gasteiger partial charge >= 0.3 is 0 Å². The van der Waals surface area contributed by atoms with Crippen LogP contribution in [0.2, 0.25) is 0 Å². The molecule has 0 bridgehead atoms. The Balaban J connectivity index is 0.000000127. The highest BCUT2D eigenvalue weighted by Gasteiger charge is 2.21. The maximum Gasteiger partial charge on any atom is 0.167 e. The van der Waals surface area contributed by atoms with Crippen LogP contribution in [0.25, 0.3) is 67.9 Å². The van der Waals surface area contributed by atoms with Crippen LogP contribution in [0, 0.1) is 83.1 Å². The van der Waals surface area contributed by atoms with Gasteiger partial charge < -0.3 is 48.5 Å². The molecule has 544 valence electrons. The smallest absolute Gasteiger partial charge is 0.167 e. The van der Waals surface area contributed by atoms with E-state index in [9.17, 15) is 0 Å². The monoisotopic (exact) mass is 1700 g/mol. The number of anilines is 8. The second-order valence-corrected chi connectivity index (χ2v) is 27.8. The number of hydrogen-bond donors (Lipinski definition) is 4. The lowest BCUT2D eigenvalue weighted by atomic mass is 10.1. The first-order chi connectivity index (χ1) is 52.1. The predicted molar refractivity (Wildman–Crippen MR) is 421 cm³/mol. The van der Waals surface area contributed by atoms with Gasteiger partial charge in [0, 0.05) is 77.2 Å². The molecule has 0 amide bonds. The Labute approximate surface area is 651 Å². The van der Waals surface area contributed by atoms with Crippen LogP contribution in [0.3, 0.4) is 0 Å². The van der Waals surface area contributed by atoms with Gasteiger partial charge in [-0.1, -0.05) is 31.1 Å². The highest BCUT2D eigenvalue weighted by atomic mass is 79.9. The number of halogens is 4. The molecule has 0 saturated heterocycles. The number of benzene rings is 4. The molecule has 12 aromatic heterocycles. The Kier molecular flexibility index (Phi) is 22.5. The van der Waals surface area contributed by atoms with Gasteiger partial charge in [-0.3, -0.25) is 9.97 Å². The van der Waals surface area contributed by atoms with Gasteiger partial charge in [0.25, 0.3) is 0 Å². The van der Waals surface area contributed by atoms with E-state index >= 15 is 0 Å². The van der Waals surface area contributed by atoms with E-state index in [1.807, 2.05) is 183 Å². The van der Waals surface area contributed by atoms with E-state index in [1.165, 1.54) is 0 Å². The lowest BCUT2D eigenvalue weighted by Gasteiger charge is -2.12. The number of aryl methyl sites for hydroxylation is 12. The van der Waals surface area contributed by atoms with Gasteiger partial charge in [-0.25, -0.2) is 39.3 Å². The highest BCUT2D eigenvalue weighted by Crippen LogP contribution is 2.36. The summed E-state index contributed by atoms with van der Waals surface area (Å²) in [6.07, 6.45) is 22.9. The van der Waals surface area contributed by atoms with Crippen LogP contribution >= 0.6 is 63.7 Å². The van der Waals surface area contributed by atoms with Crippen molar-refractivity contribution in [2.75, 3.05) is 21.3 Å². The second kappa shape index (κ2) is 32.7. The molecule has 12 heterocycles. The highest BCUT2D eigenvalue weighted by molar-refractivity contribution is 9.11. The third-order valence-corrected chi connectivity index (χ3v) is 19.3. The lowest BCUT2D eigenvalue weighted by Crippen LogP contribution is -2.02. The molecule has 16 aromatic rings. The minimum atomic E-state index is 0.581. The summed E-state index contributed by atoms with van der Waals surface area (Å²) in [5.41, 5.74) is 20.4. The Morgan fingerprint density at radius 2 is 0.750 bits per heavy atom. The van der Waals surface area contributed by atoms with Gasteiger partial charge in [-0.05, 0) is 226 Å². The molecule has 4 N–H and O–H groups in total. The summed E-state index contributed by atoms with van der Waals surface area (Å²) < 4.78 is 31.9. The molecule has 0 aliphatic carbocycles. The molecule has 0 atom stereocenters. The molecule has 108 heavy (non-hydrogen) atoms. The van der Waals surface area contributed by atoms with Crippen molar-refractivity contribution in [3.63, 3.8) is 0 Å². The van der Waals surface area contributed by atoms with Crippen LogP contribution in [-0.2, 0) is 0 Å². The zero-order chi connectivity index (χ0) is 75.9. The van der Waals surface area contributed by atoms with Gasteiger partial charge in [0.05, 0.1) is 152 Å². The van der Waals surface area contributed by atoms with E-state index in [1.54, 1.807) is 77.8 Å². The Morgan fingerprint density at radius 1 is 0.352 bits per heavy atom. The zero-order valence-electron chi connectivity index (χ0n) is 60.0. The van der Waals surface area contributed by atoms with Crippen molar-refractivity contribution in [1.29, 1.82) is 0 Å². The Hall–Kier alpha value is -12.1. The van der Waals surface area contributed by atoms with Crippen molar-refractivity contribution in [2.24, 2.45) is 0 Å². The molecule has 0 aliphatic rings. The average molecular weight is 1700 g/mol. The zero-order valence-corrected chi connectivity index (χ0v) is 66.3. The molecule has 0 aliphatic heterocycles. The maximum absolute atomic E-state index is 5.25. The summed E-state index contributed by atoms with van der Waals surface area (Å²) in [5.74, 6) is 5.53. The van der Waals surface area contributed by atoms with Crippen molar-refractivity contribution in [1.82, 2.24) is 110 Å². The fourth-order valence-corrected chi connectivity index (χ4v) is 13.6. The van der Waals surface area contributed by atoms with E-state index in [4.69, 9.17) is 28.1 Å². The fourth-order valence-electron chi connectivity index (χ4n) is 11.3. The first-order valence-electron chi connectivity index (χ1n) is 33.2. The minimum Gasteiger partial charge on any atom is -0.361 e. The summed E-state index contributed by atoms with van der Waals surface area (Å²) >= 11 is 14.4. The molecule has 4 aromatic carbocycles.